The molecule has 0 unspecified atom stereocenters. The third-order valence-corrected chi connectivity index (χ3v) is 3.73. The Kier molecular flexibility index (Phi) is 3.36. The molecule has 0 saturated heterocycles. The van der Waals surface area contributed by atoms with Crippen molar-refractivity contribution in [2.75, 3.05) is 12.3 Å². The van der Waals surface area contributed by atoms with E-state index in [2.05, 4.69) is 22.0 Å². The van der Waals surface area contributed by atoms with Gasteiger partial charge in [0.15, 0.2) is 0 Å². The maximum absolute atomic E-state index is 8.89. The van der Waals surface area contributed by atoms with Crippen LogP contribution in [0.25, 0.3) is 0 Å². The molecular weight excluding hydrogens is 248 g/mol. The summed E-state index contributed by atoms with van der Waals surface area (Å²) in [6, 6.07) is 12.0. The van der Waals surface area contributed by atoms with Gasteiger partial charge >= 0.3 is 0 Å². The van der Waals surface area contributed by atoms with Crippen LogP contribution in [0, 0.1) is 11.3 Å². The minimum absolute atomic E-state index is 0.472. The number of aromatic nitrogens is 1. The molecule has 0 atom stereocenters. The zero-order chi connectivity index (χ0) is 13.9. The summed E-state index contributed by atoms with van der Waals surface area (Å²) >= 11 is 0. The summed E-state index contributed by atoms with van der Waals surface area (Å²) in [5, 5.41) is 8.89. The van der Waals surface area contributed by atoms with Crippen molar-refractivity contribution in [1.29, 1.82) is 5.26 Å². The highest BCUT2D eigenvalue weighted by atomic mass is 15.1. The Morgan fingerprint density at radius 3 is 3.10 bits per heavy atom. The van der Waals surface area contributed by atoms with Gasteiger partial charge in [-0.25, -0.2) is 4.98 Å². The number of nitrogen functional groups attached to an aromatic ring is 1. The number of fused-ring (bicyclic) bond motifs is 1. The molecule has 0 bridgehead atoms. The van der Waals surface area contributed by atoms with Crippen LogP contribution < -0.4 is 5.73 Å². The van der Waals surface area contributed by atoms with Gasteiger partial charge in [0.1, 0.15) is 11.8 Å². The molecule has 4 nitrogen and oxygen atoms in total. The summed E-state index contributed by atoms with van der Waals surface area (Å²) in [6.45, 7) is 2.71. The molecule has 0 radical (unpaired) electrons. The van der Waals surface area contributed by atoms with E-state index in [9.17, 15) is 0 Å². The molecule has 0 aliphatic carbocycles. The van der Waals surface area contributed by atoms with Crippen LogP contribution in [0.1, 0.15) is 22.4 Å². The predicted octanol–water partition coefficient (Wildman–Crippen LogP) is 2.09. The van der Waals surface area contributed by atoms with E-state index in [0.29, 0.717) is 5.69 Å². The summed E-state index contributed by atoms with van der Waals surface area (Å²) in [4.78, 5) is 6.36. The Morgan fingerprint density at radius 1 is 1.35 bits per heavy atom. The van der Waals surface area contributed by atoms with Gasteiger partial charge in [-0.1, -0.05) is 12.1 Å². The maximum atomic E-state index is 8.89. The van der Waals surface area contributed by atoms with Crippen molar-refractivity contribution in [2.45, 2.75) is 19.5 Å². The van der Waals surface area contributed by atoms with Crippen LogP contribution >= 0.6 is 0 Å². The molecule has 0 amide bonds. The van der Waals surface area contributed by atoms with E-state index in [1.807, 2.05) is 24.3 Å². The largest absolute Gasteiger partial charge is 0.398 e. The summed E-state index contributed by atoms with van der Waals surface area (Å²) in [7, 11) is 0. The summed E-state index contributed by atoms with van der Waals surface area (Å²) in [5.41, 5.74) is 11.1. The van der Waals surface area contributed by atoms with Gasteiger partial charge in [0, 0.05) is 31.5 Å². The summed E-state index contributed by atoms with van der Waals surface area (Å²) in [6.07, 6.45) is 2.72. The molecule has 20 heavy (non-hydrogen) atoms. The first-order chi connectivity index (χ1) is 9.76. The number of hydrogen-bond acceptors (Lipinski definition) is 4. The standard InChI is InChI=1S/C16H16N4/c17-9-14-8-12(4-6-19-14)10-20-7-5-13-2-1-3-16(18)15(13)11-20/h1-4,6,8H,5,7,10-11,18H2. The Labute approximate surface area is 118 Å². The van der Waals surface area contributed by atoms with Gasteiger partial charge in [0.25, 0.3) is 0 Å². The monoisotopic (exact) mass is 264 g/mol. The van der Waals surface area contributed by atoms with E-state index in [-0.39, 0.29) is 0 Å². The van der Waals surface area contributed by atoms with E-state index < -0.39 is 0 Å². The lowest BCUT2D eigenvalue weighted by Gasteiger charge is -2.29. The van der Waals surface area contributed by atoms with Crippen LogP contribution in [0.5, 0.6) is 0 Å². The zero-order valence-corrected chi connectivity index (χ0v) is 11.2. The average Bonchev–Trinajstić information content (AvgIpc) is 2.48. The number of benzene rings is 1. The van der Waals surface area contributed by atoms with Crippen LogP contribution in [0.15, 0.2) is 36.5 Å². The quantitative estimate of drug-likeness (QED) is 0.843. The van der Waals surface area contributed by atoms with E-state index in [1.165, 1.54) is 11.1 Å². The number of rotatable bonds is 2. The molecule has 2 N–H and O–H groups in total. The first kappa shape index (κ1) is 12.6. The van der Waals surface area contributed by atoms with Crippen LogP contribution in [-0.4, -0.2) is 16.4 Å². The molecule has 0 spiro atoms. The molecule has 3 rings (SSSR count). The highest BCUT2D eigenvalue weighted by Gasteiger charge is 2.18. The van der Waals surface area contributed by atoms with Gasteiger partial charge in [-0.15, -0.1) is 0 Å². The molecule has 1 aromatic carbocycles. The maximum Gasteiger partial charge on any atom is 0.140 e. The zero-order valence-electron chi connectivity index (χ0n) is 11.2. The van der Waals surface area contributed by atoms with Crippen molar-refractivity contribution in [1.82, 2.24) is 9.88 Å². The van der Waals surface area contributed by atoms with Gasteiger partial charge in [-0.2, -0.15) is 5.26 Å². The van der Waals surface area contributed by atoms with Crippen molar-refractivity contribution in [3.05, 3.63) is 58.9 Å². The summed E-state index contributed by atoms with van der Waals surface area (Å²) < 4.78 is 0. The van der Waals surface area contributed by atoms with Gasteiger partial charge in [-0.05, 0) is 41.3 Å². The lowest BCUT2D eigenvalue weighted by atomic mass is 9.98. The lowest BCUT2D eigenvalue weighted by Crippen LogP contribution is -2.30. The van der Waals surface area contributed by atoms with E-state index in [0.717, 1.165) is 37.3 Å². The molecule has 1 aromatic heterocycles. The Bertz CT molecular complexity index is 672. The van der Waals surface area contributed by atoms with Crippen LogP contribution in [0.4, 0.5) is 5.69 Å². The summed E-state index contributed by atoms with van der Waals surface area (Å²) in [5.74, 6) is 0. The molecule has 4 heteroatoms. The smallest absolute Gasteiger partial charge is 0.140 e. The average molecular weight is 264 g/mol. The van der Waals surface area contributed by atoms with Crippen LogP contribution in [0.3, 0.4) is 0 Å². The van der Waals surface area contributed by atoms with Crippen molar-refractivity contribution in [3.63, 3.8) is 0 Å². The SMILES string of the molecule is N#Cc1cc(CN2CCc3cccc(N)c3C2)ccn1. The fourth-order valence-electron chi connectivity index (χ4n) is 2.69. The van der Waals surface area contributed by atoms with Crippen molar-refractivity contribution in [3.8, 4) is 6.07 Å². The van der Waals surface area contributed by atoms with Crippen molar-refractivity contribution >= 4 is 5.69 Å². The minimum Gasteiger partial charge on any atom is -0.398 e. The minimum atomic E-state index is 0.472. The predicted molar refractivity (Wildman–Crippen MR) is 77.6 cm³/mol. The second-order valence-corrected chi connectivity index (χ2v) is 5.11. The highest BCUT2D eigenvalue weighted by molar-refractivity contribution is 5.51. The molecule has 0 saturated carbocycles. The van der Waals surface area contributed by atoms with Crippen molar-refractivity contribution in [2.24, 2.45) is 0 Å². The number of nitrogens with two attached hydrogens (primary N) is 1. The van der Waals surface area contributed by atoms with Gasteiger partial charge in [0.05, 0.1) is 0 Å². The van der Waals surface area contributed by atoms with Crippen LogP contribution in [0.2, 0.25) is 0 Å². The number of nitrogens with zero attached hydrogens (tertiary/aromatic N) is 3. The molecular formula is C16H16N4. The van der Waals surface area contributed by atoms with Gasteiger partial charge in [-0.3, -0.25) is 4.90 Å². The Balaban J connectivity index is 1.77. The second kappa shape index (κ2) is 5.32. The number of hydrogen-bond donors (Lipinski definition) is 1. The molecule has 1 aliphatic rings. The van der Waals surface area contributed by atoms with Crippen LogP contribution in [-0.2, 0) is 19.5 Å². The Hall–Kier alpha value is -2.38. The van der Waals surface area contributed by atoms with E-state index >= 15 is 0 Å². The number of anilines is 1. The first-order valence-corrected chi connectivity index (χ1v) is 6.70. The number of nitriles is 1. The highest BCUT2D eigenvalue weighted by Crippen LogP contribution is 2.25. The fraction of sp³-hybridized carbons (Fsp3) is 0.250. The molecule has 2 aromatic rings. The molecule has 0 fully saturated rings. The second-order valence-electron chi connectivity index (χ2n) is 5.11. The first-order valence-electron chi connectivity index (χ1n) is 6.70. The third-order valence-electron chi connectivity index (χ3n) is 3.73. The Morgan fingerprint density at radius 2 is 2.25 bits per heavy atom. The van der Waals surface area contributed by atoms with Gasteiger partial charge < -0.3 is 5.73 Å². The van der Waals surface area contributed by atoms with Gasteiger partial charge in [0.2, 0.25) is 0 Å². The van der Waals surface area contributed by atoms with E-state index in [4.69, 9.17) is 11.0 Å². The topological polar surface area (TPSA) is 65.9 Å². The molecule has 2 heterocycles. The third kappa shape index (κ3) is 2.49. The fourth-order valence-corrected chi connectivity index (χ4v) is 2.69. The number of pyridine rings is 1. The lowest BCUT2D eigenvalue weighted by molar-refractivity contribution is 0.246. The molecule has 1 aliphatic heterocycles. The van der Waals surface area contributed by atoms with Crippen molar-refractivity contribution < 1.29 is 0 Å². The molecule has 100 valence electrons. The normalized spacial score (nSPS) is 14.6. The van der Waals surface area contributed by atoms with E-state index in [1.54, 1.807) is 6.20 Å².